The van der Waals surface area contributed by atoms with Crippen molar-refractivity contribution in [1.82, 2.24) is 14.2 Å². The maximum atomic E-state index is 13.6. The SMILES string of the molecule is COc1ccc(CSCCn2nc3ccccn3c2=O)cc1F. The van der Waals surface area contributed by atoms with Gasteiger partial charge in [0.2, 0.25) is 0 Å². The monoisotopic (exact) mass is 333 g/mol. The number of hydrogen-bond acceptors (Lipinski definition) is 4. The number of ether oxygens (including phenoxy) is 1. The minimum atomic E-state index is -0.359. The summed E-state index contributed by atoms with van der Waals surface area (Å²) in [6.45, 7) is 0.518. The van der Waals surface area contributed by atoms with Crippen LogP contribution in [0, 0.1) is 5.82 Å². The van der Waals surface area contributed by atoms with Crippen LogP contribution in [0.5, 0.6) is 5.75 Å². The first kappa shape index (κ1) is 15.6. The molecule has 0 aliphatic carbocycles. The fourth-order valence-corrected chi connectivity index (χ4v) is 3.12. The molecule has 1 aromatic carbocycles. The fraction of sp³-hybridized carbons (Fsp3) is 0.250. The second kappa shape index (κ2) is 6.87. The number of fused-ring (bicyclic) bond motifs is 1. The number of methoxy groups -OCH3 is 1. The highest BCUT2D eigenvalue weighted by Crippen LogP contribution is 2.20. The third-order valence-electron chi connectivity index (χ3n) is 3.42. The van der Waals surface area contributed by atoms with Crippen LogP contribution in [0.4, 0.5) is 4.39 Å². The molecule has 0 spiro atoms. The Bertz CT molecular complexity index is 875. The van der Waals surface area contributed by atoms with Gasteiger partial charge in [-0.25, -0.2) is 13.9 Å². The van der Waals surface area contributed by atoms with Gasteiger partial charge < -0.3 is 4.74 Å². The molecule has 23 heavy (non-hydrogen) atoms. The summed E-state index contributed by atoms with van der Waals surface area (Å²) in [5, 5.41) is 4.27. The van der Waals surface area contributed by atoms with Crippen molar-refractivity contribution in [1.29, 1.82) is 0 Å². The van der Waals surface area contributed by atoms with Crippen LogP contribution < -0.4 is 10.4 Å². The summed E-state index contributed by atoms with van der Waals surface area (Å²) in [4.78, 5) is 12.1. The number of hydrogen-bond donors (Lipinski definition) is 0. The Morgan fingerprint density at radius 3 is 2.91 bits per heavy atom. The van der Waals surface area contributed by atoms with Gasteiger partial charge in [0.25, 0.3) is 0 Å². The fourth-order valence-electron chi connectivity index (χ4n) is 2.25. The molecule has 0 N–H and O–H groups in total. The van der Waals surface area contributed by atoms with Crippen molar-refractivity contribution in [2.75, 3.05) is 12.9 Å². The lowest BCUT2D eigenvalue weighted by atomic mass is 10.2. The Kier molecular flexibility index (Phi) is 4.66. The first-order chi connectivity index (χ1) is 11.2. The lowest BCUT2D eigenvalue weighted by Crippen LogP contribution is -2.22. The van der Waals surface area contributed by atoms with Crippen LogP contribution in [0.2, 0.25) is 0 Å². The van der Waals surface area contributed by atoms with E-state index in [9.17, 15) is 9.18 Å². The molecule has 0 atom stereocenters. The molecule has 0 unspecified atom stereocenters. The minimum Gasteiger partial charge on any atom is -0.494 e. The summed E-state index contributed by atoms with van der Waals surface area (Å²) in [6, 6.07) is 10.4. The molecule has 7 heteroatoms. The number of pyridine rings is 1. The molecule has 0 fully saturated rings. The van der Waals surface area contributed by atoms with Gasteiger partial charge in [-0.1, -0.05) is 12.1 Å². The Hall–Kier alpha value is -2.28. The average molecular weight is 333 g/mol. The smallest absolute Gasteiger partial charge is 0.350 e. The largest absolute Gasteiger partial charge is 0.494 e. The van der Waals surface area contributed by atoms with Crippen LogP contribution in [-0.2, 0) is 12.3 Å². The van der Waals surface area contributed by atoms with E-state index in [0.29, 0.717) is 17.9 Å². The summed E-state index contributed by atoms with van der Waals surface area (Å²) in [5.41, 5.74) is 1.38. The standard InChI is InChI=1S/C16H16FN3O2S/c1-22-14-6-5-12(10-13(14)17)11-23-9-8-20-16(21)19-7-3-2-4-15(19)18-20/h2-7,10H,8-9,11H2,1H3. The van der Waals surface area contributed by atoms with Crippen LogP contribution in [0.3, 0.4) is 0 Å². The average Bonchev–Trinajstić information content (AvgIpc) is 2.88. The third-order valence-corrected chi connectivity index (χ3v) is 4.43. The van der Waals surface area contributed by atoms with Gasteiger partial charge in [0.05, 0.1) is 13.7 Å². The molecule has 0 amide bonds. The second-order valence-electron chi connectivity index (χ2n) is 4.96. The number of aromatic nitrogens is 3. The first-order valence-corrected chi connectivity index (χ1v) is 8.29. The third kappa shape index (κ3) is 3.39. The Morgan fingerprint density at radius 2 is 2.17 bits per heavy atom. The van der Waals surface area contributed by atoms with Crippen molar-refractivity contribution in [2.45, 2.75) is 12.3 Å². The molecule has 0 saturated heterocycles. The normalized spacial score (nSPS) is 11.0. The minimum absolute atomic E-state index is 0.142. The molecule has 2 heterocycles. The topological polar surface area (TPSA) is 48.5 Å². The lowest BCUT2D eigenvalue weighted by molar-refractivity contribution is 0.386. The van der Waals surface area contributed by atoms with Gasteiger partial charge in [-0.2, -0.15) is 11.8 Å². The van der Waals surface area contributed by atoms with E-state index in [1.807, 2.05) is 12.1 Å². The number of rotatable bonds is 6. The summed E-state index contributed by atoms with van der Waals surface area (Å²) < 4.78 is 21.5. The number of aryl methyl sites for hydroxylation is 1. The maximum absolute atomic E-state index is 13.6. The van der Waals surface area contributed by atoms with Crippen molar-refractivity contribution in [3.8, 4) is 5.75 Å². The molecule has 3 aromatic rings. The summed E-state index contributed by atoms with van der Waals surface area (Å²) in [6.07, 6.45) is 1.70. The van der Waals surface area contributed by atoms with Gasteiger partial charge in [-0.15, -0.1) is 5.10 Å². The van der Waals surface area contributed by atoms with Crippen molar-refractivity contribution < 1.29 is 9.13 Å². The van der Waals surface area contributed by atoms with E-state index in [-0.39, 0.29) is 17.3 Å². The van der Waals surface area contributed by atoms with E-state index in [1.165, 1.54) is 22.3 Å². The van der Waals surface area contributed by atoms with Crippen molar-refractivity contribution >= 4 is 17.4 Å². The van der Waals surface area contributed by atoms with Crippen molar-refractivity contribution in [3.05, 3.63) is 64.5 Å². The molecule has 5 nitrogen and oxygen atoms in total. The molecule has 0 aliphatic heterocycles. The van der Waals surface area contributed by atoms with E-state index in [2.05, 4.69) is 5.10 Å². The highest BCUT2D eigenvalue weighted by atomic mass is 32.2. The summed E-state index contributed by atoms with van der Waals surface area (Å²) in [5.74, 6) is 1.28. The molecule has 0 aliphatic rings. The van der Waals surface area contributed by atoms with Crippen molar-refractivity contribution in [2.24, 2.45) is 0 Å². The zero-order valence-electron chi connectivity index (χ0n) is 12.6. The predicted molar refractivity (Wildman–Crippen MR) is 88.6 cm³/mol. The number of halogens is 1. The van der Waals surface area contributed by atoms with Gasteiger partial charge >= 0.3 is 5.69 Å². The van der Waals surface area contributed by atoms with Gasteiger partial charge in [0, 0.05) is 17.7 Å². The lowest BCUT2D eigenvalue weighted by Gasteiger charge is -2.05. The molecular weight excluding hydrogens is 317 g/mol. The van der Waals surface area contributed by atoms with Crippen molar-refractivity contribution in [3.63, 3.8) is 0 Å². The highest BCUT2D eigenvalue weighted by Gasteiger charge is 2.06. The molecule has 2 aromatic heterocycles. The van der Waals surface area contributed by atoms with Gasteiger partial charge in [-0.05, 0) is 29.8 Å². The van der Waals surface area contributed by atoms with E-state index in [0.717, 1.165) is 11.3 Å². The van der Waals surface area contributed by atoms with Crippen LogP contribution in [0.15, 0.2) is 47.4 Å². The maximum Gasteiger partial charge on any atom is 0.350 e. The van der Waals surface area contributed by atoms with Gasteiger partial charge in [-0.3, -0.25) is 4.40 Å². The van der Waals surface area contributed by atoms with E-state index in [4.69, 9.17) is 4.74 Å². The molecule has 0 radical (unpaired) electrons. The quantitative estimate of drug-likeness (QED) is 0.651. The van der Waals surface area contributed by atoms with E-state index in [1.54, 1.807) is 36.2 Å². The second-order valence-corrected chi connectivity index (χ2v) is 6.06. The summed E-state index contributed by atoms with van der Waals surface area (Å²) in [7, 11) is 1.44. The molecule has 0 bridgehead atoms. The zero-order chi connectivity index (χ0) is 16.2. The Balaban J connectivity index is 1.58. The molecule has 0 saturated carbocycles. The number of benzene rings is 1. The van der Waals surface area contributed by atoms with Crippen LogP contribution in [0.1, 0.15) is 5.56 Å². The first-order valence-electron chi connectivity index (χ1n) is 7.13. The van der Waals surface area contributed by atoms with E-state index >= 15 is 0 Å². The number of thioether (sulfide) groups is 1. The van der Waals surface area contributed by atoms with Gasteiger partial charge in [0.15, 0.2) is 17.2 Å². The van der Waals surface area contributed by atoms with E-state index < -0.39 is 0 Å². The van der Waals surface area contributed by atoms with Crippen LogP contribution >= 0.6 is 11.8 Å². The zero-order valence-corrected chi connectivity index (χ0v) is 13.4. The Morgan fingerprint density at radius 1 is 1.30 bits per heavy atom. The number of nitrogens with zero attached hydrogens (tertiary/aromatic N) is 3. The Labute approximate surface area is 136 Å². The molecule has 3 rings (SSSR count). The molecular formula is C16H16FN3O2S. The molecule has 120 valence electrons. The predicted octanol–water partition coefficient (Wildman–Crippen LogP) is 2.58. The van der Waals surface area contributed by atoms with Crippen LogP contribution in [-0.4, -0.2) is 27.0 Å². The van der Waals surface area contributed by atoms with Gasteiger partial charge in [0.1, 0.15) is 0 Å². The summed E-state index contributed by atoms with van der Waals surface area (Å²) >= 11 is 1.63. The van der Waals surface area contributed by atoms with Crippen LogP contribution in [0.25, 0.3) is 5.65 Å². The highest BCUT2D eigenvalue weighted by molar-refractivity contribution is 7.98.